The van der Waals surface area contributed by atoms with Gasteiger partial charge in [0.15, 0.2) is 0 Å². The molecule has 0 spiro atoms. The summed E-state index contributed by atoms with van der Waals surface area (Å²) in [5.74, 6) is -1.78. The third kappa shape index (κ3) is 6.44. The molecule has 1 fully saturated rings. The number of carbonyl (C=O) groups excluding carboxylic acids is 2. The van der Waals surface area contributed by atoms with Crippen molar-refractivity contribution in [2.75, 3.05) is 13.2 Å². The first-order valence-corrected chi connectivity index (χ1v) is 9.46. The Labute approximate surface area is 169 Å². The SMILES string of the molecule is C[C@]1(COC(=O)N[C@@H](Cc2ccc(F)cc2)B(O)O)CCCCN1C(=O)CC#N. The van der Waals surface area contributed by atoms with Gasteiger partial charge in [0.1, 0.15) is 18.8 Å². The van der Waals surface area contributed by atoms with Gasteiger partial charge in [0.25, 0.3) is 0 Å². The predicted octanol–water partition coefficient (Wildman–Crippen LogP) is 1.16. The molecule has 10 heteroatoms. The molecule has 1 aliphatic rings. The maximum Gasteiger partial charge on any atom is 0.475 e. The van der Waals surface area contributed by atoms with Gasteiger partial charge in [0, 0.05) is 6.54 Å². The number of nitriles is 1. The van der Waals surface area contributed by atoms with Gasteiger partial charge in [-0.15, -0.1) is 0 Å². The van der Waals surface area contributed by atoms with E-state index in [-0.39, 0.29) is 25.4 Å². The van der Waals surface area contributed by atoms with Crippen molar-refractivity contribution in [1.29, 1.82) is 5.26 Å². The molecule has 0 aromatic heterocycles. The second kappa shape index (κ2) is 10.2. The molecule has 0 saturated carbocycles. The van der Waals surface area contributed by atoms with Crippen molar-refractivity contribution < 1.29 is 28.8 Å². The van der Waals surface area contributed by atoms with Crippen molar-refractivity contribution in [2.24, 2.45) is 0 Å². The molecule has 2 atom stereocenters. The number of rotatable bonds is 7. The van der Waals surface area contributed by atoms with Crippen LogP contribution in [0.15, 0.2) is 24.3 Å². The number of nitrogens with zero attached hydrogens (tertiary/aromatic N) is 2. The second-order valence-corrected chi connectivity index (χ2v) is 7.41. The Morgan fingerprint density at radius 3 is 2.69 bits per heavy atom. The first-order valence-electron chi connectivity index (χ1n) is 9.46. The van der Waals surface area contributed by atoms with E-state index in [4.69, 9.17) is 10.00 Å². The predicted molar refractivity (Wildman–Crippen MR) is 103 cm³/mol. The summed E-state index contributed by atoms with van der Waals surface area (Å²) in [5.41, 5.74) is -0.120. The smallest absolute Gasteiger partial charge is 0.447 e. The van der Waals surface area contributed by atoms with Crippen molar-refractivity contribution in [3.8, 4) is 6.07 Å². The topological polar surface area (TPSA) is 123 Å². The molecule has 1 aromatic carbocycles. The molecular weight excluding hydrogens is 380 g/mol. The summed E-state index contributed by atoms with van der Waals surface area (Å²) in [6.07, 6.45) is 1.27. The summed E-state index contributed by atoms with van der Waals surface area (Å²) in [5, 5.41) is 30.3. The standard InChI is InChI=1S/C19H25BFN3O5/c1-19(9-2-3-11-24(19)17(25)8-10-22)13-29-18(26)23-16(20(27)28)12-14-4-6-15(21)7-5-14/h4-7,16,27-28H,2-3,8-9,11-13H2,1H3,(H,23,26)/t16-,19+/m0/s1. The fourth-order valence-electron chi connectivity index (χ4n) is 3.44. The summed E-state index contributed by atoms with van der Waals surface area (Å²) >= 11 is 0. The van der Waals surface area contributed by atoms with Gasteiger partial charge < -0.3 is 25.0 Å². The number of hydrogen-bond acceptors (Lipinski definition) is 6. The average molecular weight is 405 g/mol. The Bertz CT molecular complexity index is 755. The van der Waals surface area contributed by atoms with Gasteiger partial charge in [-0.05, 0) is 50.3 Å². The highest BCUT2D eigenvalue weighted by Gasteiger charge is 2.38. The molecule has 0 radical (unpaired) electrons. The Hall–Kier alpha value is -2.64. The van der Waals surface area contributed by atoms with Crippen LogP contribution in [0.25, 0.3) is 0 Å². The molecule has 1 heterocycles. The van der Waals surface area contributed by atoms with Crippen LogP contribution >= 0.6 is 0 Å². The van der Waals surface area contributed by atoms with Crippen LogP contribution in [0.3, 0.4) is 0 Å². The van der Waals surface area contributed by atoms with E-state index >= 15 is 0 Å². The minimum absolute atomic E-state index is 0.0666. The van der Waals surface area contributed by atoms with E-state index in [1.807, 2.05) is 6.07 Å². The molecule has 29 heavy (non-hydrogen) atoms. The van der Waals surface area contributed by atoms with Crippen LogP contribution in [-0.2, 0) is 16.0 Å². The Balaban J connectivity index is 1.95. The molecule has 8 nitrogen and oxygen atoms in total. The molecular formula is C19H25BFN3O5. The molecule has 156 valence electrons. The van der Waals surface area contributed by atoms with E-state index in [1.165, 1.54) is 24.3 Å². The summed E-state index contributed by atoms with van der Waals surface area (Å²) in [7, 11) is -1.84. The monoisotopic (exact) mass is 405 g/mol. The Kier molecular flexibility index (Phi) is 7.99. The van der Waals surface area contributed by atoms with Crippen LogP contribution in [0.4, 0.5) is 9.18 Å². The van der Waals surface area contributed by atoms with Crippen molar-refractivity contribution in [2.45, 2.75) is 50.5 Å². The normalized spacial score (nSPS) is 19.8. The van der Waals surface area contributed by atoms with E-state index in [0.717, 1.165) is 12.8 Å². The number of carbonyl (C=O) groups is 2. The van der Waals surface area contributed by atoms with E-state index in [0.29, 0.717) is 18.5 Å². The Morgan fingerprint density at radius 2 is 2.07 bits per heavy atom. The summed E-state index contributed by atoms with van der Waals surface area (Å²) in [6.45, 7) is 2.21. The van der Waals surface area contributed by atoms with Crippen LogP contribution in [0.5, 0.6) is 0 Å². The molecule has 0 unspecified atom stereocenters. The highest BCUT2D eigenvalue weighted by atomic mass is 19.1. The van der Waals surface area contributed by atoms with Crippen LogP contribution in [0.2, 0.25) is 0 Å². The zero-order chi connectivity index (χ0) is 21.4. The number of benzene rings is 1. The Morgan fingerprint density at radius 1 is 1.38 bits per heavy atom. The maximum absolute atomic E-state index is 13.0. The largest absolute Gasteiger partial charge is 0.475 e. The first kappa shape index (κ1) is 22.7. The fraction of sp³-hybridized carbons (Fsp3) is 0.526. The number of ether oxygens (including phenoxy) is 1. The van der Waals surface area contributed by atoms with E-state index in [1.54, 1.807) is 11.8 Å². The fourth-order valence-corrected chi connectivity index (χ4v) is 3.44. The van der Waals surface area contributed by atoms with Crippen molar-refractivity contribution >= 4 is 19.1 Å². The van der Waals surface area contributed by atoms with E-state index in [2.05, 4.69) is 5.32 Å². The van der Waals surface area contributed by atoms with Gasteiger partial charge in [-0.1, -0.05) is 12.1 Å². The van der Waals surface area contributed by atoms with Gasteiger partial charge in [-0.2, -0.15) is 5.26 Å². The molecule has 1 saturated heterocycles. The van der Waals surface area contributed by atoms with E-state index in [9.17, 15) is 24.0 Å². The lowest BCUT2D eigenvalue weighted by Gasteiger charge is -2.44. The number of halogens is 1. The summed E-state index contributed by atoms with van der Waals surface area (Å²) < 4.78 is 18.3. The molecule has 1 aliphatic heterocycles. The van der Waals surface area contributed by atoms with E-state index < -0.39 is 30.5 Å². The number of piperidine rings is 1. The third-order valence-electron chi connectivity index (χ3n) is 5.08. The lowest BCUT2D eigenvalue weighted by molar-refractivity contribution is -0.140. The highest BCUT2D eigenvalue weighted by Crippen LogP contribution is 2.29. The number of hydrogen-bond donors (Lipinski definition) is 3. The lowest BCUT2D eigenvalue weighted by Crippen LogP contribution is -2.56. The molecule has 1 aromatic rings. The van der Waals surface area contributed by atoms with Crippen LogP contribution in [-0.4, -0.2) is 58.7 Å². The lowest BCUT2D eigenvalue weighted by atomic mass is 9.76. The number of amides is 2. The van der Waals surface area contributed by atoms with Crippen molar-refractivity contribution in [3.63, 3.8) is 0 Å². The summed E-state index contributed by atoms with van der Waals surface area (Å²) in [4.78, 5) is 26.0. The number of nitrogens with one attached hydrogen (secondary N) is 1. The van der Waals surface area contributed by atoms with Crippen LogP contribution in [0.1, 0.15) is 38.2 Å². The zero-order valence-corrected chi connectivity index (χ0v) is 16.3. The van der Waals surface area contributed by atoms with Gasteiger partial charge in [-0.25, -0.2) is 9.18 Å². The molecule has 2 rings (SSSR count). The number of likely N-dealkylation sites (tertiary alicyclic amines) is 1. The van der Waals surface area contributed by atoms with Crippen molar-refractivity contribution in [3.05, 3.63) is 35.6 Å². The zero-order valence-electron chi connectivity index (χ0n) is 16.3. The van der Waals surface area contributed by atoms with Gasteiger partial charge in [0.05, 0.1) is 17.5 Å². The summed E-state index contributed by atoms with van der Waals surface area (Å²) in [6, 6.07) is 7.30. The second-order valence-electron chi connectivity index (χ2n) is 7.41. The van der Waals surface area contributed by atoms with Crippen LogP contribution in [0, 0.1) is 17.1 Å². The third-order valence-corrected chi connectivity index (χ3v) is 5.08. The minimum Gasteiger partial charge on any atom is -0.447 e. The highest BCUT2D eigenvalue weighted by molar-refractivity contribution is 6.43. The van der Waals surface area contributed by atoms with Crippen molar-refractivity contribution in [1.82, 2.24) is 10.2 Å². The number of alkyl carbamates (subject to hydrolysis) is 1. The van der Waals surface area contributed by atoms with Gasteiger partial charge >= 0.3 is 13.2 Å². The average Bonchev–Trinajstić information content (AvgIpc) is 2.68. The van der Waals surface area contributed by atoms with Crippen LogP contribution < -0.4 is 5.32 Å². The molecule has 0 bridgehead atoms. The van der Waals surface area contributed by atoms with Gasteiger partial charge in [-0.3, -0.25) is 4.79 Å². The molecule has 3 N–H and O–H groups in total. The molecule has 0 aliphatic carbocycles. The maximum atomic E-state index is 13.0. The first-order chi connectivity index (χ1) is 13.7. The quantitative estimate of drug-likeness (QED) is 0.585. The van der Waals surface area contributed by atoms with Gasteiger partial charge in [0.2, 0.25) is 5.91 Å². The molecule has 2 amide bonds. The minimum atomic E-state index is -1.84.